The van der Waals surface area contributed by atoms with Crippen molar-refractivity contribution in [2.45, 2.75) is 52.5 Å². The van der Waals surface area contributed by atoms with Gasteiger partial charge in [0.05, 0.1) is 12.2 Å². The largest absolute Gasteiger partial charge is 0.444 e. The van der Waals surface area contributed by atoms with Crippen LogP contribution >= 0.6 is 24.0 Å². The Balaban J connectivity index is 0.00000363. The van der Waals surface area contributed by atoms with E-state index < -0.39 is 0 Å². The zero-order valence-electron chi connectivity index (χ0n) is 20.0. The number of piperidine rings is 1. The third kappa shape index (κ3) is 9.52. The summed E-state index contributed by atoms with van der Waals surface area (Å²) in [4.78, 5) is 11.3. The van der Waals surface area contributed by atoms with Crippen LogP contribution in [0.4, 0.5) is 0 Å². The predicted molar refractivity (Wildman–Crippen MR) is 138 cm³/mol. The molecule has 3 rings (SSSR count). The molecule has 2 aliphatic rings. The van der Waals surface area contributed by atoms with Gasteiger partial charge in [0.15, 0.2) is 5.96 Å². The molecule has 3 heterocycles. The molecule has 0 atom stereocenters. The lowest BCUT2D eigenvalue weighted by atomic mass is 9.97. The molecule has 0 saturated carbocycles. The van der Waals surface area contributed by atoms with Gasteiger partial charge in [-0.1, -0.05) is 0 Å². The lowest BCUT2D eigenvalue weighted by Crippen LogP contribution is -2.43. The second-order valence-corrected chi connectivity index (χ2v) is 8.83. The number of hydrogen-bond donors (Lipinski definition) is 2. The van der Waals surface area contributed by atoms with E-state index in [0.29, 0.717) is 11.8 Å². The summed E-state index contributed by atoms with van der Waals surface area (Å²) in [5.41, 5.74) is 0.999. The van der Waals surface area contributed by atoms with Gasteiger partial charge >= 0.3 is 0 Å². The van der Waals surface area contributed by atoms with Crippen LogP contribution in [-0.2, 0) is 16.0 Å². The van der Waals surface area contributed by atoms with Gasteiger partial charge in [0.2, 0.25) is 5.89 Å². The smallest absolute Gasteiger partial charge is 0.208 e. The Kier molecular flexibility index (Phi) is 12.9. The third-order valence-corrected chi connectivity index (χ3v) is 6.37. The highest BCUT2D eigenvalue weighted by Gasteiger charge is 2.21. The lowest BCUT2D eigenvalue weighted by molar-refractivity contribution is 0.0203. The summed E-state index contributed by atoms with van der Waals surface area (Å²) >= 11 is 0. The fraction of sp³-hybridized carbons (Fsp3) is 0.826. The molecule has 32 heavy (non-hydrogen) atoms. The molecule has 2 aliphatic heterocycles. The summed E-state index contributed by atoms with van der Waals surface area (Å²) in [5, 5.41) is 6.90. The van der Waals surface area contributed by atoms with Crippen LogP contribution in [0.2, 0.25) is 0 Å². The maximum atomic E-state index is 5.83. The molecule has 0 aromatic carbocycles. The number of guanidine groups is 1. The SMILES string of the molecule is CN=C(NCCCOCC1CCOCC1)NCC1CCN(Cc2nc(C)c(C)o2)CC1.I. The quantitative estimate of drug-likeness (QED) is 0.196. The highest BCUT2D eigenvalue weighted by molar-refractivity contribution is 14.0. The number of ether oxygens (including phenoxy) is 2. The topological polar surface area (TPSA) is 84.2 Å². The van der Waals surface area contributed by atoms with E-state index in [1.807, 2.05) is 20.9 Å². The average Bonchev–Trinajstić information content (AvgIpc) is 3.11. The standard InChI is InChI=1S/C23H41N5O3.HI/c1-18-19(2)31-22(27-18)16-28-10-5-20(6-11-28)15-26-23(24-3)25-9-4-12-30-17-21-7-13-29-14-8-21;/h20-21H,4-17H2,1-3H3,(H2,24,25,26);1H. The Hall–Kier alpha value is -0.910. The molecular weight excluding hydrogens is 521 g/mol. The zero-order chi connectivity index (χ0) is 21.9. The molecule has 8 nitrogen and oxygen atoms in total. The molecule has 0 bridgehead atoms. The van der Waals surface area contributed by atoms with E-state index >= 15 is 0 Å². The van der Waals surface area contributed by atoms with Gasteiger partial charge in [0.1, 0.15) is 5.76 Å². The summed E-state index contributed by atoms with van der Waals surface area (Å²) in [6, 6.07) is 0. The van der Waals surface area contributed by atoms with Gasteiger partial charge in [-0.3, -0.25) is 9.89 Å². The first-order valence-corrected chi connectivity index (χ1v) is 11.9. The highest BCUT2D eigenvalue weighted by Crippen LogP contribution is 2.19. The van der Waals surface area contributed by atoms with Crippen molar-refractivity contribution in [3.05, 3.63) is 17.3 Å². The Labute approximate surface area is 210 Å². The second kappa shape index (κ2) is 15.1. The summed E-state index contributed by atoms with van der Waals surface area (Å²) in [6.07, 6.45) is 5.62. The van der Waals surface area contributed by atoms with Crippen LogP contribution in [0.1, 0.15) is 49.4 Å². The van der Waals surface area contributed by atoms with Gasteiger partial charge in [-0.05, 0) is 70.9 Å². The molecule has 0 radical (unpaired) electrons. The van der Waals surface area contributed by atoms with Crippen molar-refractivity contribution < 1.29 is 13.9 Å². The van der Waals surface area contributed by atoms with Crippen LogP contribution in [-0.4, -0.2) is 75.5 Å². The van der Waals surface area contributed by atoms with Crippen molar-refractivity contribution in [3.63, 3.8) is 0 Å². The minimum Gasteiger partial charge on any atom is -0.444 e. The number of aliphatic imine (C=N–C) groups is 1. The number of hydrogen-bond acceptors (Lipinski definition) is 6. The van der Waals surface area contributed by atoms with Crippen LogP contribution in [0.3, 0.4) is 0 Å². The second-order valence-electron chi connectivity index (χ2n) is 8.83. The van der Waals surface area contributed by atoms with Gasteiger partial charge in [-0.25, -0.2) is 4.98 Å². The maximum Gasteiger partial charge on any atom is 0.208 e. The highest BCUT2D eigenvalue weighted by atomic mass is 127. The lowest BCUT2D eigenvalue weighted by Gasteiger charge is -2.31. The number of halogens is 1. The van der Waals surface area contributed by atoms with E-state index in [1.54, 1.807) is 0 Å². The van der Waals surface area contributed by atoms with Crippen LogP contribution in [0.25, 0.3) is 0 Å². The van der Waals surface area contributed by atoms with Crippen LogP contribution < -0.4 is 10.6 Å². The van der Waals surface area contributed by atoms with Crippen molar-refractivity contribution in [1.29, 1.82) is 0 Å². The first-order valence-electron chi connectivity index (χ1n) is 11.9. The molecule has 0 amide bonds. The average molecular weight is 564 g/mol. The molecule has 9 heteroatoms. The van der Waals surface area contributed by atoms with E-state index in [9.17, 15) is 0 Å². The van der Waals surface area contributed by atoms with Crippen LogP contribution in [0.5, 0.6) is 0 Å². The summed E-state index contributed by atoms with van der Waals surface area (Å²) < 4.78 is 16.9. The summed E-state index contributed by atoms with van der Waals surface area (Å²) in [7, 11) is 1.83. The molecule has 0 spiro atoms. The third-order valence-electron chi connectivity index (χ3n) is 6.37. The first kappa shape index (κ1) is 27.3. The monoisotopic (exact) mass is 563 g/mol. The van der Waals surface area contributed by atoms with E-state index in [0.717, 1.165) is 102 Å². The number of nitrogens with zero attached hydrogens (tertiary/aromatic N) is 3. The number of rotatable bonds is 10. The Morgan fingerprint density at radius 3 is 2.53 bits per heavy atom. The van der Waals surface area contributed by atoms with Gasteiger partial charge in [0.25, 0.3) is 0 Å². The zero-order valence-corrected chi connectivity index (χ0v) is 22.4. The number of aryl methyl sites for hydroxylation is 2. The van der Waals surface area contributed by atoms with Crippen molar-refractivity contribution in [2.24, 2.45) is 16.8 Å². The molecule has 1 aromatic rings. The van der Waals surface area contributed by atoms with E-state index in [2.05, 4.69) is 25.5 Å². The Morgan fingerprint density at radius 1 is 1.12 bits per heavy atom. The minimum absolute atomic E-state index is 0. The number of oxazole rings is 1. The fourth-order valence-corrected chi connectivity index (χ4v) is 4.15. The van der Waals surface area contributed by atoms with Gasteiger partial charge in [-0.15, -0.1) is 24.0 Å². The number of likely N-dealkylation sites (tertiary alicyclic amines) is 1. The molecule has 1 aromatic heterocycles. The fourth-order valence-electron chi connectivity index (χ4n) is 4.15. The van der Waals surface area contributed by atoms with Gasteiger partial charge < -0.3 is 24.5 Å². The van der Waals surface area contributed by atoms with Crippen molar-refractivity contribution >= 4 is 29.9 Å². The maximum absolute atomic E-state index is 5.83. The van der Waals surface area contributed by atoms with E-state index in [-0.39, 0.29) is 24.0 Å². The molecule has 184 valence electrons. The molecule has 2 fully saturated rings. The van der Waals surface area contributed by atoms with Gasteiger partial charge in [0, 0.05) is 46.6 Å². The van der Waals surface area contributed by atoms with Crippen molar-refractivity contribution in [3.8, 4) is 0 Å². The summed E-state index contributed by atoms with van der Waals surface area (Å²) in [5.74, 6) is 4.00. The number of nitrogens with one attached hydrogen (secondary N) is 2. The Morgan fingerprint density at radius 2 is 1.88 bits per heavy atom. The van der Waals surface area contributed by atoms with E-state index in [1.165, 1.54) is 12.8 Å². The molecular formula is C23H42IN5O3. The van der Waals surface area contributed by atoms with Crippen LogP contribution in [0.15, 0.2) is 9.41 Å². The summed E-state index contributed by atoms with van der Waals surface area (Å²) in [6.45, 7) is 12.2. The molecule has 2 N–H and O–H groups in total. The molecule has 2 saturated heterocycles. The Bertz CT molecular complexity index is 651. The van der Waals surface area contributed by atoms with Gasteiger partial charge in [-0.2, -0.15) is 0 Å². The molecule has 0 aliphatic carbocycles. The number of aromatic nitrogens is 1. The normalized spacial score (nSPS) is 19.0. The first-order chi connectivity index (χ1) is 15.1. The molecule has 0 unspecified atom stereocenters. The minimum atomic E-state index is 0. The van der Waals surface area contributed by atoms with Crippen molar-refractivity contribution in [2.75, 3.05) is 59.7 Å². The predicted octanol–water partition coefficient (Wildman–Crippen LogP) is 3.12. The van der Waals surface area contributed by atoms with Crippen molar-refractivity contribution in [1.82, 2.24) is 20.5 Å². The van der Waals surface area contributed by atoms with Crippen LogP contribution in [0, 0.1) is 25.7 Å². The van der Waals surface area contributed by atoms with E-state index in [4.69, 9.17) is 13.9 Å².